The van der Waals surface area contributed by atoms with Crippen LogP contribution in [0.4, 0.5) is 8.78 Å². The third kappa shape index (κ3) is 2.07. The van der Waals surface area contributed by atoms with Crippen LogP contribution in [0.5, 0.6) is 0 Å². The highest BCUT2D eigenvalue weighted by Crippen LogP contribution is 2.28. The van der Waals surface area contributed by atoms with E-state index in [4.69, 9.17) is 5.11 Å². The average molecular weight is 307 g/mol. The first-order chi connectivity index (χ1) is 9.21. The topological polar surface area (TPSA) is 101 Å². The first-order valence-corrected chi connectivity index (χ1v) is 6.53. The number of hydroxylamine groups is 2. The number of rotatable bonds is 4. The molecule has 0 saturated heterocycles. The van der Waals surface area contributed by atoms with E-state index < -0.39 is 33.8 Å². The quantitative estimate of drug-likeness (QED) is 0.793. The number of alkyl halides is 2. The lowest BCUT2D eigenvalue weighted by Gasteiger charge is -2.17. The van der Waals surface area contributed by atoms with E-state index >= 15 is 0 Å². The van der Waals surface area contributed by atoms with Gasteiger partial charge in [0.1, 0.15) is 6.61 Å². The molecule has 1 aromatic carbocycles. The van der Waals surface area contributed by atoms with Crippen LogP contribution in [0.15, 0.2) is 24.3 Å². The highest BCUT2D eigenvalue weighted by Gasteiger charge is 2.50. The second kappa shape index (κ2) is 4.58. The zero-order valence-corrected chi connectivity index (χ0v) is 10.4. The van der Waals surface area contributed by atoms with Gasteiger partial charge in [-0.2, -0.15) is 17.2 Å². The van der Waals surface area contributed by atoms with E-state index in [1.165, 1.54) is 24.3 Å². The summed E-state index contributed by atoms with van der Waals surface area (Å²) in [5.41, 5.74) is -0.333. The number of aliphatic hydroxyl groups is 1. The number of imide groups is 1. The van der Waals surface area contributed by atoms with Crippen molar-refractivity contribution in [2.45, 2.75) is 5.25 Å². The van der Waals surface area contributed by atoms with Crippen LogP contribution in [0.3, 0.4) is 0 Å². The van der Waals surface area contributed by atoms with Gasteiger partial charge in [-0.25, -0.2) is 0 Å². The van der Waals surface area contributed by atoms with Crippen LogP contribution < -0.4 is 0 Å². The van der Waals surface area contributed by atoms with Crippen molar-refractivity contribution in [1.29, 1.82) is 0 Å². The van der Waals surface area contributed by atoms with Crippen LogP contribution in [0.25, 0.3) is 0 Å². The molecule has 2 rings (SSSR count). The number of aliphatic hydroxyl groups excluding tert-OH is 1. The summed E-state index contributed by atoms with van der Waals surface area (Å²) in [6, 6.07) is 5.25. The van der Waals surface area contributed by atoms with E-state index in [2.05, 4.69) is 4.28 Å². The van der Waals surface area contributed by atoms with Gasteiger partial charge >= 0.3 is 15.4 Å². The first kappa shape index (κ1) is 14.5. The van der Waals surface area contributed by atoms with Gasteiger partial charge in [0.05, 0.1) is 11.1 Å². The smallest absolute Gasteiger partial charge is 0.389 e. The summed E-state index contributed by atoms with van der Waals surface area (Å²) in [5.74, 6) is -2.36. The number of hydrogen-bond acceptors (Lipinski definition) is 6. The minimum absolute atomic E-state index is 0.167. The fourth-order valence-corrected chi connectivity index (χ4v) is 2.07. The van der Waals surface area contributed by atoms with Crippen molar-refractivity contribution in [2.24, 2.45) is 0 Å². The molecule has 2 amide bonds. The van der Waals surface area contributed by atoms with Gasteiger partial charge in [-0.05, 0) is 12.1 Å². The SMILES string of the molecule is O=C1c2ccccc2C(=O)N1OS(=O)(=O)C(F)(F)CO. The van der Waals surface area contributed by atoms with Gasteiger partial charge < -0.3 is 5.11 Å². The minimum atomic E-state index is -5.68. The van der Waals surface area contributed by atoms with Crippen molar-refractivity contribution in [3.63, 3.8) is 0 Å². The molecule has 7 nitrogen and oxygen atoms in total. The molecule has 0 spiro atoms. The van der Waals surface area contributed by atoms with Gasteiger partial charge in [0.25, 0.3) is 11.8 Å². The lowest BCUT2D eigenvalue weighted by molar-refractivity contribution is -0.0352. The Kier molecular flexibility index (Phi) is 3.32. The van der Waals surface area contributed by atoms with E-state index in [0.29, 0.717) is 0 Å². The third-order valence-corrected chi connectivity index (χ3v) is 3.69. The Labute approximate surface area is 111 Å². The number of hydrogen-bond donors (Lipinski definition) is 1. The summed E-state index contributed by atoms with van der Waals surface area (Å²) in [5, 5.41) is 3.40. The van der Waals surface area contributed by atoms with Gasteiger partial charge in [0.2, 0.25) is 0 Å². The Bertz CT molecular complexity index is 652. The second-order valence-corrected chi connectivity index (χ2v) is 5.43. The second-order valence-electron chi connectivity index (χ2n) is 3.77. The molecular weight excluding hydrogens is 300 g/mol. The summed E-state index contributed by atoms with van der Waals surface area (Å²) in [7, 11) is -5.68. The van der Waals surface area contributed by atoms with E-state index in [-0.39, 0.29) is 16.2 Å². The van der Waals surface area contributed by atoms with E-state index in [0.717, 1.165) is 0 Å². The summed E-state index contributed by atoms with van der Waals surface area (Å²) in [4.78, 5) is 23.4. The molecule has 1 aromatic rings. The van der Waals surface area contributed by atoms with Crippen LogP contribution >= 0.6 is 0 Å². The minimum Gasteiger partial charge on any atom is -0.389 e. The molecule has 1 aliphatic heterocycles. The number of amides is 2. The Morgan fingerprint density at radius 2 is 1.60 bits per heavy atom. The molecule has 0 saturated carbocycles. The lowest BCUT2D eigenvalue weighted by Crippen LogP contribution is -2.41. The molecule has 0 fully saturated rings. The third-order valence-electron chi connectivity index (χ3n) is 2.48. The molecule has 1 heterocycles. The Morgan fingerprint density at radius 1 is 1.15 bits per heavy atom. The molecule has 10 heteroatoms. The van der Waals surface area contributed by atoms with Gasteiger partial charge in [0.15, 0.2) is 0 Å². The van der Waals surface area contributed by atoms with Crippen molar-refractivity contribution >= 4 is 21.9 Å². The number of carbonyl (C=O) groups excluding carboxylic acids is 2. The molecule has 0 bridgehead atoms. The van der Waals surface area contributed by atoms with E-state index in [1.54, 1.807) is 0 Å². The number of benzene rings is 1. The zero-order chi connectivity index (χ0) is 15.1. The predicted octanol–water partition coefficient (Wildman–Crippen LogP) is 0.129. The molecule has 0 unspecified atom stereocenters. The molecular formula is C10H7F2NO6S. The van der Waals surface area contributed by atoms with Crippen molar-refractivity contribution < 1.29 is 36.2 Å². The van der Waals surface area contributed by atoms with Gasteiger partial charge in [-0.3, -0.25) is 9.59 Å². The fraction of sp³-hybridized carbons (Fsp3) is 0.200. The molecule has 20 heavy (non-hydrogen) atoms. The molecule has 1 aliphatic rings. The highest BCUT2D eigenvalue weighted by atomic mass is 32.2. The standard InChI is InChI=1S/C10H7F2NO6S/c11-10(12,5-14)20(17,18)19-13-8(15)6-3-1-2-4-7(6)9(13)16/h1-4,14H,5H2. The Hall–Kier alpha value is -1.91. The number of halogens is 2. The summed E-state index contributed by atoms with van der Waals surface area (Å²) >= 11 is 0. The van der Waals surface area contributed by atoms with E-state index in [9.17, 15) is 26.8 Å². The molecule has 0 atom stereocenters. The molecule has 1 N–H and O–H groups in total. The van der Waals surface area contributed by atoms with E-state index in [1.807, 2.05) is 0 Å². The molecule has 0 aromatic heterocycles. The normalized spacial score (nSPS) is 15.7. The van der Waals surface area contributed by atoms with Crippen LogP contribution in [0, 0.1) is 0 Å². The molecule has 0 aliphatic carbocycles. The van der Waals surface area contributed by atoms with Crippen LogP contribution in [-0.2, 0) is 14.4 Å². The lowest BCUT2D eigenvalue weighted by atomic mass is 10.1. The van der Waals surface area contributed by atoms with Crippen LogP contribution in [0.2, 0.25) is 0 Å². The zero-order valence-electron chi connectivity index (χ0n) is 9.62. The van der Waals surface area contributed by atoms with Crippen LogP contribution in [-0.4, -0.2) is 42.3 Å². The maximum atomic E-state index is 13.0. The molecule has 108 valence electrons. The highest BCUT2D eigenvalue weighted by molar-refractivity contribution is 7.87. The number of carbonyl (C=O) groups is 2. The van der Waals surface area contributed by atoms with Gasteiger partial charge in [-0.15, -0.1) is 9.35 Å². The van der Waals surface area contributed by atoms with Crippen LogP contribution in [0.1, 0.15) is 20.7 Å². The Balaban J connectivity index is 2.35. The summed E-state index contributed by atoms with van der Waals surface area (Å²) in [6.07, 6.45) is 0. The van der Waals surface area contributed by atoms with Gasteiger partial charge in [0, 0.05) is 0 Å². The summed E-state index contributed by atoms with van der Waals surface area (Å²) < 4.78 is 52.2. The van der Waals surface area contributed by atoms with Crippen molar-refractivity contribution in [1.82, 2.24) is 5.06 Å². The average Bonchev–Trinajstić information content (AvgIpc) is 2.64. The van der Waals surface area contributed by atoms with Crippen molar-refractivity contribution in [3.05, 3.63) is 35.4 Å². The maximum Gasteiger partial charge on any atom is 0.394 e. The monoisotopic (exact) mass is 307 g/mol. The number of fused-ring (bicyclic) bond motifs is 1. The maximum absolute atomic E-state index is 13.0. The fourth-order valence-electron chi connectivity index (χ4n) is 1.47. The van der Waals surface area contributed by atoms with Crippen molar-refractivity contribution in [3.8, 4) is 0 Å². The number of nitrogens with zero attached hydrogens (tertiary/aromatic N) is 1. The largest absolute Gasteiger partial charge is 0.394 e. The van der Waals surface area contributed by atoms with Crippen molar-refractivity contribution in [2.75, 3.05) is 6.61 Å². The first-order valence-electron chi connectivity index (χ1n) is 5.12. The Morgan fingerprint density at radius 3 is 2.00 bits per heavy atom. The molecule has 0 radical (unpaired) electrons. The van der Waals surface area contributed by atoms with Gasteiger partial charge in [-0.1, -0.05) is 12.1 Å². The predicted molar refractivity (Wildman–Crippen MR) is 59.0 cm³/mol. The summed E-state index contributed by atoms with van der Waals surface area (Å²) in [6.45, 7) is -2.04.